The average Bonchev–Trinajstić information content (AvgIpc) is 2.68. The molecule has 1 heterocycles. The summed E-state index contributed by atoms with van der Waals surface area (Å²) in [6, 6.07) is 16.2. The van der Waals surface area contributed by atoms with Gasteiger partial charge in [-0.25, -0.2) is 4.79 Å². The van der Waals surface area contributed by atoms with Crippen LogP contribution in [0.25, 0.3) is 0 Å². The number of nitrogens with one attached hydrogen (secondary N) is 1. The molecule has 0 atom stereocenters. The number of benzene rings is 2. The van der Waals surface area contributed by atoms with Gasteiger partial charge in [0.1, 0.15) is 12.3 Å². The third-order valence-corrected chi connectivity index (χ3v) is 3.20. The lowest BCUT2D eigenvalue weighted by Crippen LogP contribution is -2.13. The first-order valence-electron chi connectivity index (χ1n) is 6.57. The smallest absolute Gasteiger partial charge is 0.355 e. The van der Waals surface area contributed by atoms with Crippen molar-refractivity contribution in [2.45, 2.75) is 6.61 Å². The highest BCUT2D eigenvalue weighted by Gasteiger charge is 2.19. The van der Waals surface area contributed by atoms with E-state index in [1.54, 1.807) is 24.3 Å². The molecular formula is C17H13NO3. The number of hydrogen-bond donors (Lipinski definition) is 1. The molecule has 3 rings (SSSR count). The minimum Gasteiger partial charge on any atom is -0.456 e. The summed E-state index contributed by atoms with van der Waals surface area (Å²) in [6.07, 6.45) is 1.28. The highest BCUT2D eigenvalue weighted by Crippen LogP contribution is 2.22. The fourth-order valence-corrected chi connectivity index (χ4v) is 2.10. The molecule has 0 saturated carbocycles. The Morgan fingerprint density at radius 1 is 1.05 bits per heavy atom. The minimum absolute atomic E-state index is 0.147. The van der Waals surface area contributed by atoms with Crippen molar-refractivity contribution >= 4 is 17.4 Å². The Kier molecular flexibility index (Phi) is 3.51. The van der Waals surface area contributed by atoms with E-state index in [9.17, 15) is 9.59 Å². The van der Waals surface area contributed by atoms with Crippen molar-refractivity contribution in [1.82, 2.24) is 0 Å². The summed E-state index contributed by atoms with van der Waals surface area (Å²) in [5, 5.41) is 2.98. The molecule has 1 N–H and O–H groups in total. The number of hydrogen-bond acceptors (Lipinski definition) is 4. The molecular weight excluding hydrogens is 266 g/mol. The number of para-hydroxylation sites is 1. The summed E-state index contributed by atoms with van der Waals surface area (Å²) < 4.78 is 5.16. The van der Waals surface area contributed by atoms with Gasteiger partial charge in [-0.3, -0.25) is 4.79 Å². The van der Waals surface area contributed by atoms with Gasteiger partial charge in [0, 0.05) is 22.9 Å². The first kappa shape index (κ1) is 13.1. The number of fused-ring (bicyclic) bond motifs is 1. The maximum atomic E-state index is 12.2. The number of carbonyl (C=O) groups is 2. The number of ketones is 1. The van der Waals surface area contributed by atoms with Gasteiger partial charge in [0.2, 0.25) is 0 Å². The number of allylic oxidation sites excluding steroid dienone is 1. The average molecular weight is 279 g/mol. The van der Waals surface area contributed by atoms with Crippen LogP contribution in [-0.4, -0.2) is 11.8 Å². The zero-order valence-electron chi connectivity index (χ0n) is 11.2. The van der Waals surface area contributed by atoms with Crippen molar-refractivity contribution in [3.8, 4) is 0 Å². The Morgan fingerprint density at radius 3 is 2.57 bits per heavy atom. The van der Waals surface area contributed by atoms with Crippen LogP contribution in [0.3, 0.4) is 0 Å². The highest BCUT2D eigenvalue weighted by atomic mass is 16.5. The Labute approximate surface area is 122 Å². The second-order valence-electron chi connectivity index (χ2n) is 4.65. The lowest BCUT2D eigenvalue weighted by molar-refractivity contribution is -0.139. The van der Waals surface area contributed by atoms with E-state index in [0.29, 0.717) is 5.56 Å². The second-order valence-corrected chi connectivity index (χ2v) is 4.65. The van der Waals surface area contributed by atoms with Gasteiger partial charge in [0.15, 0.2) is 5.78 Å². The maximum absolute atomic E-state index is 12.2. The number of anilines is 1. The normalized spacial score (nSPS) is 15.6. The molecule has 1 aliphatic rings. The summed E-state index contributed by atoms with van der Waals surface area (Å²) in [5.41, 5.74) is 2.32. The lowest BCUT2D eigenvalue weighted by Gasteiger charge is -2.06. The Balaban J connectivity index is 1.92. The van der Waals surface area contributed by atoms with Crippen LogP contribution in [0.15, 0.2) is 66.4 Å². The van der Waals surface area contributed by atoms with Crippen molar-refractivity contribution in [3.05, 3.63) is 77.5 Å². The molecule has 0 amide bonds. The zero-order valence-corrected chi connectivity index (χ0v) is 11.2. The summed E-state index contributed by atoms with van der Waals surface area (Å²) in [6.45, 7) is 0.193. The first-order chi connectivity index (χ1) is 10.2. The molecule has 0 aromatic heterocycles. The second kappa shape index (κ2) is 5.63. The molecule has 0 unspecified atom stereocenters. The molecule has 4 nitrogen and oxygen atoms in total. The summed E-state index contributed by atoms with van der Waals surface area (Å²) in [7, 11) is 0. The van der Waals surface area contributed by atoms with E-state index >= 15 is 0 Å². The van der Waals surface area contributed by atoms with E-state index in [0.717, 1.165) is 11.3 Å². The van der Waals surface area contributed by atoms with Crippen LogP contribution in [0.1, 0.15) is 15.9 Å². The summed E-state index contributed by atoms with van der Waals surface area (Å²) in [5.74, 6) is -0.773. The number of esters is 1. The fourth-order valence-electron chi connectivity index (χ4n) is 2.10. The molecule has 21 heavy (non-hydrogen) atoms. The van der Waals surface area contributed by atoms with Gasteiger partial charge in [-0.05, 0) is 6.07 Å². The first-order valence-corrected chi connectivity index (χ1v) is 6.57. The molecule has 0 bridgehead atoms. The van der Waals surface area contributed by atoms with E-state index in [1.807, 2.05) is 30.3 Å². The van der Waals surface area contributed by atoms with Gasteiger partial charge in [-0.15, -0.1) is 0 Å². The van der Waals surface area contributed by atoms with Crippen LogP contribution in [-0.2, 0) is 16.1 Å². The molecule has 0 spiro atoms. The van der Waals surface area contributed by atoms with E-state index in [1.165, 1.54) is 6.08 Å². The van der Waals surface area contributed by atoms with Crippen LogP contribution >= 0.6 is 0 Å². The Bertz CT molecular complexity index is 720. The Hall–Kier alpha value is -2.88. The summed E-state index contributed by atoms with van der Waals surface area (Å²) in [4.78, 5) is 24.1. The van der Waals surface area contributed by atoms with Crippen LogP contribution < -0.4 is 5.32 Å². The van der Waals surface area contributed by atoms with Gasteiger partial charge in [0.25, 0.3) is 0 Å². The SMILES string of the molecule is O=C1OCc2ccccc2N/C1=C\C(=O)c1ccccc1. The fraction of sp³-hybridized carbons (Fsp3) is 0.0588. The van der Waals surface area contributed by atoms with Gasteiger partial charge in [-0.1, -0.05) is 48.5 Å². The van der Waals surface area contributed by atoms with Gasteiger partial charge in [0.05, 0.1) is 0 Å². The van der Waals surface area contributed by atoms with Crippen LogP contribution in [0.5, 0.6) is 0 Å². The monoisotopic (exact) mass is 279 g/mol. The van der Waals surface area contributed by atoms with Crippen LogP contribution in [0.4, 0.5) is 5.69 Å². The van der Waals surface area contributed by atoms with Crippen LogP contribution in [0.2, 0.25) is 0 Å². The van der Waals surface area contributed by atoms with Gasteiger partial charge in [-0.2, -0.15) is 0 Å². The van der Waals surface area contributed by atoms with Gasteiger partial charge >= 0.3 is 5.97 Å². The third kappa shape index (κ3) is 2.84. The quantitative estimate of drug-likeness (QED) is 0.521. The molecule has 0 aliphatic carbocycles. The number of rotatable bonds is 2. The summed E-state index contributed by atoms with van der Waals surface area (Å²) >= 11 is 0. The van der Waals surface area contributed by atoms with Crippen molar-refractivity contribution in [2.75, 3.05) is 5.32 Å². The number of carbonyl (C=O) groups excluding carboxylic acids is 2. The molecule has 4 heteroatoms. The highest BCUT2D eigenvalue weighted by molar-refractivity contribution is 6.09. The van der Waals surface area contributed by atoms with Gasteiger partial charge < -0.3 is 10.1 Å². The van der Waals surface area contributed by atoms with Crippen LogP contribution in [0, 0.1) is 0 Å². The molecule has 0 radical (unpaired) electrons. The van der Waals surface area contributed by atoms with E-state index in [-0.39, 0.29) is 18.1 Å². The molecule has 0 fully saturated rings. The maximum Gasteiger partial charge on any atom is 0.355 e. The van der Waals surface area contributed by atoms with E-state index in [2.05, 4.69) is 5.32 Å². The van der Waals surface area contributed by atoms with E-state index < -0.39 is 5.97 Å². The molecule has 0 saturated heterocycles. The molecule has 1 aliphatic heterocycles. The number of ether oxygens (including phenoxy) is 1. The largest absolute Gasteiger partial charge is 0.456 e. The topological polar surface area (TPSA) is 55.4 Å². The predicted molar refractivity (Wildman–Crippen MR) is 78.7 cm³/mol. The van der Waals surface area contributed by atoms with Crippen molar-refractivity contribution in [3.63, 3.8) is 0 Å². The molecule has 2 aromatic rings. The molecule has 2 aromatic carbocycles. The van der Waals surface area contributed by atoms with Crippen molar-refractivity contribution in [2.24, 2.45) is 0 Å². The Morgan fingerprint density at radius 2 is 1.76 bits per heavy atom. The molecule has 104 valence electrons. The number of cyclic esters (lactones) is 1. The minimum atomic E-state index is -0.532. The zero-order chi connectivity index (χ0) is 14.7. The van der Waals surface area contributed by atoms with Crippen molar-refractivity contribution in [1.29, 1.82) is 0 Å². The third-order valence-electron chi connectivity index (χ3n) is 3.20. The standard InChI is InChI=1S/C17H13NO3/c19-16(12-6-2-1-3-7-12)10-15-17(20)21-11-13-8-4-5-9-14(13)18-15/h1-10,18H,11H2/b15-10-. The predicted octanol–water partition coefficient (Wildman–Crippen LogP) is 2.92. The van der Waals surface area contributed by atoms with Crippen molar-refractivity contribution < 1.29 is 14.3 Å². The lowest BCUT2D eigenvalue weighted by atomic mass is 10.1. The van der Waals surface area contributed by atoms with E-state index in [4.69, 9.17) is 4.74 Å².